The van der Waals surface area contributed by atoms with E-state index < -0.39 is 28.0 Å². The van der Waals surface area contributed by atoms with Gasteiger partial charge < -0.3 is 19.4 Å². The fourth-order valence-electron chi connectivity index (χ4n) is 5.11. The zero-order valence-electron chi connectivity index (χ0n) is 20.2. The van der Waals surface area contributed by atoms with Crippen molar-refractivity contribution in [2.75, 3.05) is 5.32 Å². The van der Waals surface area contributed by atoms with Gasteiger partial charge in [0.2, 0.25) is 5.60 Å². The van der Waals surface area contributed by atoms with E-state index in [1.54, 1.807) is 25.1 Å². The molecule has 0 amide bonds. The second-order valence-electron chi connectivity index (χ2n) is 9.20. The van der Waals surface area contributed by atoms with Crippen LogP contribution >= 0.6 is 0 Å². The number of rotatable bonds is 5. The van der Waals surface area contributed by atoms with E-state index in [2.05, 4.69) is 5.32 Å². The number of non-ortho nitro benzene ring substituents is 1. The molecule has 0 bridgehead atoms. The lowest BCUT2D eigenvalue weighted by atomic mass is 9.85. The molecule has 0 radical (unpaired) electrons. The summed E-state index contributed by atoms with van der Waals surface area (Å²) in [6.45, 7) is 6.58. The molecule has 0 fully saturated rings. The summed E-state index contributed by atoms with van der Waals surface area (Å²) in [5.74, 6) is -1.41. The number of nitro benzene ring substituents is 1. The molecule has 0 saturated carbocycles. The molecule has 1 N–H and O–H groups in total. The highest BCUT2D eigenvalue weighted by atomic mass is 16.6. The zero-order valence-corrected chi connectivity index (χ0v) is 20.2. The second kappa shape index (κ2) is 8.14. The van der Waals surface area contributed by atoms with Crippen LogP contribution in [0.15, 0.2) is 29.1 Å². The van der Waals surface area contributed by atoms with Gasteiger partial charge in [0.1, 0.15) is 12.0 Å². The van der Waals surface area contributed by atoms with Crippen LogP contribution < -0.4 is 10.9 Å². The summed E-state index contributed by atoms with van der Waals surface area (Å²) in [4.78, 5) is 54.5. The molecule has 36 heavy (non-hydrogen) atoms. The number of carbonyl (C=O) groups is 2. The predicted molar refractivity (Wildman–Crippen MR) is 129 cm³/mol. The van der Waals surface area contributed by atoms with Gasteiger partial charge in [-0.2, -0.15) is 0 Å². The predicted octanol–water partition coefficient (Wildman–Crippen LogP) is 3.38. The quantitative estimate of drug-likeness (QED) is 0.252. The van der Waals surface area contributed by atoms with E-state index in [1.807, 2.05) is 13.8 Å². The Bertz CT molecular complexity index is 1540. The van der Waals surface area contributed by atoms with Crippen LogP contribution in [0.2, 0.25) is 0 Å². The summed E-state index contributed by atoms with van der Waals surface area (Å²) in [7, 11) is 0. The maximum Gasteiger partial charge on any atom is 0.355 e. The summed E-state index contributed by atoms with van der Waals surface area (Å²) in [6, 6.07) is 6.26. The summed E-state index contributed by atoms with van der Waals surface area (Å²) in [5, 5.41) is 15.5. The number of nitrogens with one attached hydrogen (secondary N) is 1. The Balaban J connectivity index is 1.84. The Hall–Kier alpha value is -4.28. The number of nitrogens with zero attached hydrogens (tertiary/aromatic N) is 3. The lowest BCUT2D eigenvalue weighted by Crippen LogP contribution is -2.47. The van der Waals surface area contributed by atoms with Crippen molar-refractivity contribution in [3.63, 3.8) is 0 Å². The topological polar surface area (TPSA) is 143 Å². The minimum atomic E-state index is -1.74. The van der Waals surface area contributed by atoms with Gasteiger partial charge in [0.25, 0.3) is 11.2 Å². The third-order valence-corrected chi connectivity index (χ3v) is 6.61. The number of nitro groups is 1. The van der Waals surface area contributed by atoms with Gasteiger partial charge in [-0.15, -0.1) is 0 Å². The fourth-order valence-corrected chi connectivity index (χ4v) is 5.11. The first-order valence-electron chi connectivity index (χ1n) is 11.6. The SMILES string of the molecule is CCC1(OC(C)=O)C(=O)OCc2c1cc1n(c2=O)Cc2c-1nc1cccc([N+](=O)[O-])c1c2NC(C)C. The number of hydrogen-bond donors (Lipinski definition) is 1. The number of fused-ring (bicyclic) bond motifs is 5. The minimum absolute atomic E-state index is 0.0594. The van der Waals surface area contributed by atoms with Gasteiger partial charge in [-0.25, -0.2) is 9.78 Å². The van der Waals surface area contributed by atoms with Gasteiger partial charge in [-0.1, -0.05) is 13.0 Å². The number of esters is 2. The lowest BCUT2D eigenvalue weighted by Gasteiger charge is -2.35. The summed E-state index contributed by atoms with van der Waals surface area (Å²) in [5.41, 5.74) is 0.741. The molecular weight excluding hydrogens is 468 g/mol. The Labute approximate surface area is 205 Å². The van der Waals surface area contributed by atoms with E-state index in [1.165, 1.54) is 17.6 Å². The number of benzene rings is 1. The second-order valence-corrected chi connectivity index (χ2v) is 9.20. The van der Waals surface area contributed by atoms with Crippen LogP contribution in [0, 0.1) is 10.1 Å². The maximum absolute atomic E-state index is 13.6. The molecule has 11 heteroatoms. The highest BCUT2D eigenvalue weighted by Crippen LogP contribution is 2.44. The summed E-state index contributed by atoms with van der Waals surface area (Å²) in [6.07, 6.45) is 0.0751. The van der Waals surface area contributed by atoms with Gasteiger partial charge in [0.15, 0.2) is 0 Å². The molecule has 2 aromatic heterocycles. The summed E-state index contributed by atoms with van der Waals surface area (Å²) >= 11 is 0. The molecule has 0 spiro atoms. The van der Waals surface area contributed by atoms with Crippen molar-refractivity contribution in [2.24, 2.45) is 0 Å². The largest absolute Gasteiger partial charge is 0.457 e. The van der Waals surface area contributed by atoms with Crippen molar-refractivity contribution < 1.29 is 24.0 Å². The van der Waals surface area contributed by atoms with Gasteiger partial charge in [-0.3, -0.25) is 19.7 Å². The van der Waals surface area contributed by atoms with Crippen molar-refractivity contribution in [1.82, 2.24) is 9.55 Å². The number of aromatic nitrogens is 2. The van der Waals surface area contributed by atoms with Crippen molar-refractivity contribution in [3.05, 3.63) is 61.4 Å². The molecule has 4 heterocycles. The van der Waals surface area contributed by atoms with Crippen LogP contribution in [0.1, 0.15) is 50.8 Å². The maximum atomic E-state index is 13.6. The molecule has 1 unspecified atom stereocenters. The van der Waals surface area contributed by atoms with Gasteiger partial charge >= 0.3 is 11.9 Å². The number of carbonyl (C=O) groups excluding carboxylic acids is 2. The molecule has 0 saturated heterocycles. The van der Waals surface area contributed by atoms with Crippen molar-refractivity contribution in [1.29, 1.82) is 0 Å². The van der Waals surface area contributed by atoms with Crippen LogP contribution in [0.25, 0.3) is 22.3 Å². The molecule has 186 valence electrons. The minimum Gasteiger partial charge on any atom is -0.457 e. The van der Waals surface area contributed by atoms with Crippen molar-refractivity contribution >= 4 is 34.2 Å². The van der Waals surface area contributed by atoms with Crippen molar-refractivity contribution in [3.8, 4) is 11.4 Å². The molecule has 2 aliphatic heterocycles. The Kier molecular flexibility index (Phi) is 5.31. The first kappa shape index (κ1) is 23.5. The number of anilines is 1. The average molecular weight is 492 g/mol. The van der Waals surface area contributed by atoms with Gasteiger partial charge in [0.05, 0.1) is 39.6 Å². The smallest absolute Gasteiger partial charge is 0.355 e. The van der Waals surface area contributed by atoms with Crippen LogP contribution in [0.4, 0.5) is 11.4 Å². The molecule has 5 rings (SSSR count). The highest BCUT2D eigenvalue weighted by Gasteiger charge is 2.50. The van der Waals surface area contributed by atoms with E-state index in [0.717, 1.165) is 0 Å². The molecule has 1 aromatic carbocycles. The van der Waals surface area contributed by atoms with E-state index in [-0.39, 0.29) is 42.4 Å². The third-order valence-electron chi connectivity index (χ3n) is 6.61. The van der Waals surface area contributed by atoms with Crippen LogP contribution in [0.3, 0.4) is 0 Å². The first-order chi connectivity index (χ1) is 17.1. The fraction of sp³-hybridized carbons (Fsp3) is 0.360. The molecule has 1 atom stereocenters. The molecular formula is C25H24N4O7. The van der Waals surface area contributed by atoms with Gasteiger partial charge in [0, 0.05) is 30.2 Å². The standard InChI is InChI=1S/C25H24N4O7/c1-5-25(36-13(4)30)16-9-19-21-14(10-28(19)23(31)15(16)11-35-24(25)32)22(26-12(2)3)20-17(27-21)7-6-8-18(20)29(33)34/h6-9,12H,5,10-11H2,1-4H3,(H,26,27). The highest BCUT2D eigenvalue weighted by molar-refractivity contribution is 6.03. The van der Waals surface area contributed by atoms with Crippen LogP contribution in [0.5, 0.6) is 0 Å². The first-order valence-corrected chi connectivity index (χ1v) is 11.6. The normalized spacial score (nSPS) is 17.9. The Morgan fingerprint density at radius 3 is 2.72 bits per heavy atom. The molecule has 2 aliphatic rings. The average Bonchev–Trinajstić information content (AvgIpc) is 3.19. The van der Waals surface area contributed by atoms with Gasteiger partial charge in [-0.05, 0) is 32.4 Å². The Morgan fingerprint density at radius 2 is 2.08 bits per heavy atom. The number of cyclic esters (lactones) is 1. The summed E-state index contributed by atoms with van der Waals surface area (Å²) < 4.78 is 12.3. The lowest BCUT2D eigenvalue weighted by molar-refractivity contribution is -0.383. The molecule has 3 aromatic rings. The third kappa shape index (κ3) is 3.26. The number of ether oxygens (including phenoxy) is 2. The van der Waals surface area contributed by atoms with E-state index >= 15 is 0 Å². The van der Waals surface area contributed by atoms with Crippen LogP contribution in [-0.4, -0.2) is 32.5 Å². The van der Waals surface area contributed by atoms with E-state index in [0.29, 0.717) is 33.5 Å². The van der Waals surface area contributed by atoms with E-state index in [4.69, 9.17) is 14.5 Å². The zero-order chi connectivity index (χ0) is 25.9. The molecule has 11 nitrogen and oxygen atoms in total. The molecule has 0 aliphatic carbocycles. The van der Waals surface area contributed by atoms with Crippen molar-refractivity contribution in [2.45, 2.75) is 58.9 Å². The monoisotopic (exact) mass is 492 g/mol. The number of hydrogen-bond acceptors (Lipinski definition) is 9. The van der Waals surface area contributed by atoms with E-state index in [9.17, 15) is 24.5 Å². The number of pyridine rings is 2. The van der Waals surface area contributed by atoms with Crippen LogP contribution in [-0.2, 0) is 37.8 Å². The Morgan fingerprint density at radius 1 is 1.33 bits per heavy atom.